The monoisotopic (exact) mass is 226 g/mol. The molecule has 1 saturated carbocycles. The molecule has 0 aromatic carbocycles. The van der Waals surface area contributed by atoms with Gasteiger partial charge in [-0.2, -0.15) is 0 Å². The Morgan fingerprint density at radius 2 is 1.88 bits per heavy atom. The molecule has 1 rings (SSSR count). The number of hydrogen-bond donors (Lipinski definition) is 1. The molecule has 0 saturated heterocycles. The van der Waals surface area contributed by atoms with Crippen LogP contribution < -0.4 is 5.32 Å². The molecule has 1 fully saturated rings. The highest BCUT2D eigenvalue weighted by Crippen LogP contribution is 2.35. The first-order valence-corrected chi connectivity index (χ1v) is 7.01. The van der Waals surface area contributed by atoms with Gasteiger partial charge in [0.1, 0.15) is 0 Å². The van der Waals surface area contributed by atoms with E-state index < -0.39 is 0 Å². The quantitative estimate of drug-likeness (QED) is 0.684. The lowest BCUT2D eigenvalue weighted by Crippen LogP contribution is -2.45. The van der Waals surface area contributed by atoms with Gasteiger partial charge >= 0.3 is 0 Å². The van der Waals surface area contributed by atoms with Gasteiger partial charge in [0.05, 0.1) is 0 Å². The highest BCUT2D eigenvalue weighted by atomic mass is 15.2. The topological polar surface area (TPSA) is 15.3 Å². The van der Waals surface area contributed by atoms with Crippen LogP contribution in [-0.4, -0.2) is 36.6 Å². The summed E-state index contributed by atoms with van der Waals surface area (Å²) in [7, 11) is 2.28. The smallest absolute Gasteiger partial charge is 0.0192 e. The third kappa shape index (κ3) is 4.42. The number of nitrogens with zero attached hydrogens (tertiary/aromatic N) is 1. The first kappa shape index (κ1) is 14.0. The van der Waals surface area contributed by atoms with E-state index in [0.29, 0.717) is 12.1 Å². The highest BCUT2D eigenvalue weighted by Gasteiger charge is 2.31. The van der Waals surface area contributed by atoms with Crippen LogP contribution >= 0.6 is 0 Å². The van der Waals surface area contributed by atoms with Crippen molar-refractivity contribution in [3.05, 3.63) is 0 Å². The fraction of sp³-hybridized carbons (Fsp3) is 1.00. The van der Waals surface area contributed by atoms with E-state index in [-0.39, 0.29) is 0 Å². The van der Waals surface area contributed by atoms with Crippen LogP contribution in [0.1, 0.15) is 53.4 Å². The van der Waals surface area contributed by atoms with Gasteiger partial charge in [-0.25, -0.2) is 0 Å². The average molecular weight is 226 g/mol. The number of rotatable bonds is 8. The van der Waals surface area contributed by atoms with Crippen LogP contribution in [0.4, 0.5) is 0 Å². The Labute approximate surface area is 102 Å². The molecule has 0 aliphatic heterocycles. The molecule has 0 amide bonds. The predicted molar refractivity (Wildman–Crippen MR) is 71.8 cm³/mol. The summed E-state index contributed by atoms with van der Waals surface area (Å²) in [5.41, 5.74) is 0. The number of likely N-dealkylation sites (N-methyl/N-ethyl adjacent to an activating group) is 1. The molecule has 1 N–H and O–H groups in total. The molecule has 3 unspecified atom stereocenters. The molecule has 0 aromatic rings. The van der Waals surface area contributed by atoms with Gasteiger partial charge in [0.15, 0.2) is 0 Å². The zero-order chi connectivity index (χ0) is 12.1. The zero-order valence-electron chi connectivity index (χ0n) is 11.8. The standard InChI is InChI=1S/C14H30N2/c1-6-7-11(2)15-10-12(3)16(5)13(4)14-8-9-14/h11-15H,6-10H2,1-5H3. The van der Waals surface area contributed by atoms with Gasteiger partial charge in [-0.1, -0.05) is 13.3 Å². The maximum atomic E-state index is 3.64. The summed E-state index contributed by atoms with van der Waals surface area (Å²) >= 11 is 0. The van der Waals surface area contributed by atoms with Gasteiger partial charge in [0, 0.05) is 24.7 Å². The Morgan fingerprint density at radius 1 is 1.25 bits per heavy atom. The van der Waals surface area contributed by atoms with Gasteiger partial charge in [0.25, 0.3) is 0 Å². The molecule has 2 nitrogen and oxygen atoms in total. The van der Waals surface area contributed by atoms with Crippen molar-refractivity contribution in [1.82, 2.24) is 10.2 Å². The molecule has 16 heavy (non-hydrogen) atoms. The van der Waals surface area contributed by atoms with Gasteiger partial charge < -0.3 is 5.32 Å². The minimum absolute atomic E-state index is 0.648. The molecule has 0 bridgehead atoms. The number of nitrogens with one attached hydrogen (secondary N) is 1. The Kier molecular flexibility index (Phi) is 5.77. The minimum Gasteiger partial charge on any atom is -0.313 e. The van der Waals surface area contributed by atoms with Gasteiger partial charge in [0.2, 0.25) is 0 Å². The van der Waals surface area contributed by atoms with Crippen molar-refractivity contribution < 1.29 is 0 Å². The molecule has 2 heteroatoms. The third-order valence-corrected chi connectivity index (χ3v) is 4.13. The number of hydrogen-bond acceptors (Lipinski definition) is 2. The molecule has 96 valence electrons. The van der Waals surface area contributed by atoms with Crippen molar-refractivity contribution in [3.63, 3.8) is 0 Å². The fourth-order valence-corrected chi connectivity index (χ4v) is 2.36. The van der Waals surface area contributed by atoms with E-state index in [1.54, 1.807) is 0 Å². The molecular weight excluding hydrogens is 196 g/mol. The van der Waals surface area contributed by atoms with Gasteiger partial charge in [-0.3, -0.25) is 4.90 Å². The van der Waals surface area contributed by atoms with Crippen molar-refractivity contribution in [2.45, 2.75) is 71.5 Å². The molecule has 0 spiro atoms. The van der Waals surface area contributed by atoms with Crippen LogP contribution in [0.5, 0.6) is 0 Å². The van der Waals surface area contributed by atoms with E-state index in [4.69, 9.17) is 0 Å². The van der Waals surface area contributed by atoms with Crippen LogP contribution in [0.25, 0.3) is 0 Å². The molecule has 1 aliphatic carbocycles. The van der Waals surface area contributed by atoms with Crippen LogP contribution in [0.2, 0.25) is 0 Å². The Balaban J connectivity index is 2.19. The second kappa shape index (κ2) is 6.61. The second-order valence-electron chi connectivity index (χ2n) is 5.69. The Morgan fingerprint density at radius 3 is 2.38 bits per heavy atom. The summed E-state index contributed by atoms with van der Waals surface area (Å²) in [6, 6.07) is 2.07. The molecule has 1 aliphatic rings. The second-order valence-corrected chi connectivity index (χ2v) is 5.69. The van der Waals surface area contributed by atoms with E-state index in [0.717, 1.165) is 18.5 Å². The predicted octanol–water partition coefficient (Wildman–Crippen LogP) is 2.88. The molecule has 3 atom stereocenters. The average Bonchev–Trinajstić information content (AvgIpc) is 3.08. The van der Waals surface area contributed by atoms with E-state index in [2.05, 4.69) is 45.0 Å². The Bertz CT molecular complexity index is 189. The van der Waals surface area contributed by atoms with Crippen LogP contribution in [-0.2, 0) is 0 Å². The normalized spacial score (nSPS) is 22.1. The molecular formula is C14H30N2. The third-order valence-electron chi connectivity index (χ3n) is 4.13. The van der Waals surface area contributed by atoms with Crippen molar-refractivity contribution in [2.75, 3.05) is 13.6 Å². The lowest BCUT2D eigenvalue weighted by molar-refractivity contribution is 0.171. The van der Waals surface area contributed by atoms with Crippen molar-refractivity contribution in [3.8, 4) is 0 Å². The summed E-state index contributed by atoms with van der Waals surface area (Å²) in [5, 5.41) is 3.64. The molecule has 0 radical (unpaired) electrons. The summed E-state index contributed by atoms with van der Waals surface area (Å²) in [6.07, 6.45) is 5.45. The summed E-state index contributed by atoms with van der Waals surface area (Å²) in [5.74, 6) is 0.973. The van der Waals surface area contributed by atoms with Gasteiger partial charge in [-0.15, -0.1) is 0 Å². The lowest BCUT2D eigenvalue weighted by atomic mass is 10.1. The highest BCUT2D eigenvalue weighted by molar-refractivity contribution is 4.86. The first-order valence-electron chi connectivity index (χ1n) is 7.01. The van der Waals surface area contributed by atoms with Crippen molar-refractivity contribution in [1.29, 1.82) is 0 Å². The molecule has 0 heterocycles. The minimum atomic E-state index is 0.648. The van der Waals surface area contributed by atoms with E-state index in [1.165, 1.54) is 25.7 Å². The van der Waals surface area contributed by atoms with Crippen molar-refractivity contribution in [2.24, 2.45) is 5.92 Å². The van der Waals surface area contributed by atoms with Crippen LogP contribution in [0, 0.1) is 5.92 Å². The van der Waals surface area contributed by atoms with Crippen LogP contribution in [0.3, 0.4) is 0 Å². The van der Waals surface area contributed by atoms with E-state index >= 15 is 0 Å². The largest absolute Gasteiger partial charge is 0.313 e. The van der Waals surface area contributed by atoms with Crippen molar-refractivity contribution >= 4 is 0 Å². The fourth-order valence-electron chi connectivity index (χ4n) is 2.36. The Hall–Kier alpha value is -0.0800. The van der Waals surface area contributed by atoms with Crippen LogP contribution in [0.15, 0.2) is 0 Å². The van der Waals surface area contributed by atoms with Gasteiger partial charge in [-0.05, 0) is 53.0 Å². The summed E-state index contributed by atoms with van der Waals surface area (Å²) in [4.78, 5) is 2.54. The summed E-state index contributed by atoms with van der Waals surface area (Å²) in [6.45, 7) is 10.4. The maximum Gasteiger partial charge on any atom is 0.0192 e. The van der Waals surface area contributed by atoms with E-state index in [9.17, 15) is 0 Å². The van der Waals surface area contributed by atoms with E-state index in [1.807, 2.05) is 0 Å². The first-order chi connectivity index (χ1) is 7.56. The molecule has 0 aromatic heterocycles. The SMILES string of the molecule is CCCC(C)NCC(C)N(C)C(C)C1CC1. The maximum absolute atomic E-state index is 3.64. The lowest BCUT2D eigenvalue weighted by Gasteiger charge is -2.32. The summed E-state index contributed by atoms with van der Waals surface area (Å²) < 4.78 is 0. The zero-order valence-corrected chi connectivity index (χ0v) is 11.8.